The number of para-hydroxylation sites is 4. The van der Waals surface area contributed by atoms with E-state index in [1.807, 2.05) is 12.2 Å². The molecule has 4 nitrogen and oxygen atoms in total. The molecular formula is C68H56N2O2. The van der Waals surface area contributed by atoms with Crippen molar-refractivity contribution in [1.29, 1.82) is 0 Å². The third-order valence-electron chi connectivity index (χ3n) is 14.1. The first-order chi connectivity index (χ1) is 35.4. The highest BCUT2D eigenvalue weighted by Crippen LogP contribution is 2.60. The number of allylic oxidation sites excluding steroid dienone is 2. The number of anilines is 6. The number of hydrogen-bond donors (Lipinski definition) is 0. The molecule has 0 N–H and O–H groups in total. The largest absolute Gasteiger partial charge is 0.489 e. The van der Waals surface area contributed by atoms with E-state index < -0.39 is 11.0 Å². The van der Waals surface area contributed by atoms with Crippen molar-refractivity contribution in [2.45, 2.75) is 37.6 Å². The third-order valence-corrected chi connectivity index (χ3v) is 14.1. The monoisotopic (exact) mass is 932 g/mol. The SMILES string of the molecule is C=Cc1ccc(COc2ccc(C3(C4=CCC(C)(OCc5ccc(C=C)cc5)C=C4)c4cc(N(c5ccccc5)c5ccccc5)ccc4-c4ccc(N(c5ccccc5)c5ccccc5)cc43)cc2)cc1. The van der Waals surface area contributed by atoms with Gasteiger partial charge in [0.2, 0.25) is 0 Å². The fourth-order valence-electron chi connectivity index (χ4n) is 10.4. The minimum Gasteiger partial charge on any atom is -0.489 e. The first-order valence-electron chi connectivity index (χ1n) is 24.7. The van der Waals surface area contributed by atoms with E-state index in [0.29, 0.717) is 19.6 Å². The molecule has 1 atom stereocenters. The highest BCUT2D eigenvalue weighted by Gasteiger charge is 2.48. The van der Waals surface area contributed by atoms with Gasteiger partial charge in [-0.25, -0.2) is 0 Å². The molecular weight excluding hydrogens is 877 g/mol. The molecule has 350 valence electrons. The van der Waals surface area contributed by atoms with Gasteiger partial charge in [0.25, 0.3) is 0 Å². The van der Waals surface area contributed by atoms with Crippen LogP contribution in [0.2, 0.25) is 0 Å². The van der Waals surface area contributed by atoms with Crippen molar-refractivity contribution in [3.63, 3.8) is 0 Å². The van der Waals surface area contributed by atoms with Crippen LogP contribution >= 0.6 is 0 Å². The first-order valence-corrected chi connectivity index (χ1v) is 24.7. The summed E-state index contributed by atoms with van der Waals surface area (Å²) < 4.78 is 13.3. The fraction of sp³-hybridized carbons (Fsp3) is 0.0882. The molecule has 4 heteroatoms. The maximum Gasteiger partial charge on any atom is 0.119 e. The lowest BCUT2D eigenvalue weighted by Crippen LogP contribution is -2.33. The predicted molar refractivity (Wildman–Crippen MR) is 300 cm³/mol. The van der Waals surface area contributed by atoms with Crippen LogP contribution in [0.3, 0.4) is 0 Å². The smallest absolute Gasteiger partial charge is 0.119 e. The van der Waals surface area contributed by atoms with E-state index in [-0.39, 0.29) is 0 Å². The average molecular weight is 933 g/mol. The van der Waals surface area contributed by atoms with Crippen molar-refractivity contribution in [2.24, 2.45) is 0 Å². The van der Waals surface area contributed by atoms with Crippen LogP contribution in [-0.2, 0) is 23.4 Å². The van der Waals surface area contributed by atoms with Crippen molar-refractivity contribution in [1.82, 2.24) is 0 Å². The Balaban J connectivity index is 1.10. The lowest BCUT2D eigenvalue weighted by Gasteiger charge is -2.39. The summed E-state index contributed by atoms with van der Waals surface area (Å²) in [5.74, 6) is 0.802. The van der Waals surface area contributed by atoms with E-state index in [4.69, 9.17) is 9.47 Å². The Morgan fingerprint density at radius 3 is 1.31 bits per heavy atom. The molecule has 0 aromatic heterocycles. The molecule has 2 aliphatic rings. The second kappa shape index (κ2) is 20.0. The van der Waals surface area contributed by atoms with E-state index in [0.717, 1.165) is 67.7 Å². The summed E-state index contributed by atoms with van der Waals surface area (Å²) in [6.45, 7) is 11.0. The Morgan fingerprint density at radius 1 is 0.472 bits per heavy atom. The molecule has 0 saturated heterocycles. The quantitative estimate of drug-likeness (QED) is 0.0964. The topological polar surface area (TPSA) is 24.9 Å². The summed E-state index contributed by atoms with van der Waals surface area (Å²) in [5.41, 5.74) is 16.7. The maximum absolute atomic E-state index is 6.82. The van der Waals surface area contributed by atoms with Crippen LogP contribution in [0, 0.1) is 0 Å². The molecule has 0 heterocycles. The molecule has 0 saturated carbocycles. The average Bonchev–Trinajstić information content (AvgIpc) is 3.73. The van der Waals surface area contributed by atoms with Crippen LogP contribution in [0.25, 0.3) is 23.3 Å². The molecule has 0 spiro atoms. The number of benzene rings is 9. The lowest BCUT2D eigenvalue weighted by atomic mass is 9.65. The molecule has 9 aromatic rings. The van der Waals surface area contributed by atoms with E-state index in [1.165, 1.54) is 27.8 Å². The van der Waals surface area contributed by atoms with Gasteiger partial charge in [-0.2, -0.15) is 0 Å². The zero-order chi connectivity index (χ0) is 48.9. The van der Waals surface area contributed by atoms with Crippen LogP contribution in [-0.4, -0.2) is 5.60 Å². The molecule has 1 unspecified atom stereocenters. The van der Waals surface area contributed by atoms with Crippen LogP contribution < -0.4 is 14.5 Å². The van der Waals surface area contributed by atoms with Crippen LogP contribution in [0.4, 0.5) is 34.1 Å². The highest BCUT2D eigenvalue weighted by atomic mass is 16.5. The second-order valence-corrected chi connectivity index (χ2v) is 18.7. The number of nitrogens with zero attached hydrogens (tertiary/aromatic N) is 2. The van der Waals surface area contributed by atoms with Gasteiger partial charge >= 0.3 is 0 Å². The first kappa shape index (κ1) is 45.7. The number of fused-ring (bicyclic) bond motifs is 3. The van der Waals surface area contributed by atoms with E-state index in [1.54, 1.807) is 0 Å². The maximum atomic E-state index is 6.82. The third kappa shape index (κ3) is 8.89. The van der Waals surface area contributed by atoms with Crippen LogP contribution in [0.5, 0.6) is 5.75 Å². The Morgan fingerprint density at radius 2 is 0.903 bits per heavy atom. The Bertz CT molecular complexity index is 3190. The highest BCUT2D eigenvalue weighted by molar-refractivity contribution is 5.92. The zero-order valence-electron chi connectivity index (χ0n) is 40.6. The molecule has 11 rings (SSSR count). The Labute approximate surface area is 424 Å². The summed E-state index contributed by atoms with van der Waals surface area (Å²) in [5, 5.41) is 0. The number of hydrogen-bond acceptors (Lipinski definition) is 4. The summed E-state index contributed by atoms with van der Waals surface area (Å²) in [6, 6.07) is 82.4. The van der Waals surface area contributed by atoms with Gasteiger partial charge < -0.3 is 19.3 Å². The zero-order valence-corrected chi connectivity index (χ0v) is 40.6. The van der Waals surface area contributed by atoms with Gasteiger partial charge in [0.1, 0.15) is 12.4 Å². The summed E-state index contributed by atoms with van der Waals surface area (Å²) >= 11 is 0. The minimum atomic E-state index is -0.772. The molecule has 0 fully saturated rings. The molecule has 0 radical (unpaired) electrons. The minimum absolute atomic E-state index is 0.453. The molecule has 2 aliphatic carbocycles. The molecule has 72 heavy (non-hydrogen) atoms. The van der Waals surface area contributed by atoms with Crippen molar-refractivity contribution in [2.75, 3.05) is 9.80 Å². The van der Waals surface area contributed by atoms with Crippen molar-refractivity contribution in [3.05, 3.63) is 306 Å². The van der Waals surface area contributed by atoms with Crippen LogP contribution in [0.15, 0.2) is 267 Å². The summed E-state index contributed by atoms with van der Waals surface area (Å²) in [7, 11) is 0. The van der Waals surface area contributed by atoms with E-state index >= 15 is 0 Å². The fourth-order valence-corrected chi connectivity index (χ4v) is 10.4. The van der Waals surface area contributed by atoms with Gasteiger partial charge in [-0.1, -0.05) is 189 Å². The molecule has 0 bridgehead atoms. The van der Waals surface area contributed by atoms with Gasteiger partial charge in [0.15, 0.2) is 0 Å². The number of ether oxygens (including phenoxy) is 2. The van der Waals surface area contributed by atoms with Crippen molar-refractivity contribution >= 4 is 46.3 Å². The molecule has 0 amide bonds. The van der Waals surface area contributed by atoms with E-state index in [9.17, 15) is 0 Å². The van der Waals surface area contributed by atoms with Crippen molar-refractivity contribution < 1.29 is 9.47 Å². The summed E-state index contributed by atoms with van der Waals surface area (Å²) in [6.07, 6.45) is 11.5. The summed E-state index contributed by atoms with van der Waals surface area (Å²) in [4.78, 5) is 4.73. The number of rotatable bonds is 16. The van der Waals surface area contributed by atoms with Crippen molar-refractivity contribution in [3.8, 4) is 16.9 Å². The standard InChI is InChI=1S/C68H56N2O2/c1-4-50-26-30-52(31-27-50)48-71-62-38-34-54(35-39-62)68(55-42-44-67(3,45-43-55)72-49-53-32-28-51(5-2)29-33-53)65-46-60(69(56-18-10-6-11-19-56)57-20-12-7-13-21-57)36-40-63(65)64-41-37-61(47-66(64)68)70(58-22-14-8-15-23-58)59-24-16-9-17-25-59/h4-44,46-47H,1-2,45,48-49H2,3H3. The predicted octanol–water partition coefficient (Wildman–Crippen LogP) is 17.7. The van der Waals surface area contributed by atoms with Gasteiger partial charge in [-0.05, 0) is 154 Å². The van der Waals surface area contributed by atoms with Gasteiger partial charge in [0.05, 0.1) is 17.6 Å². The van der Waals surface area contributed by atoms with Gasteiger partial charge in [0, 0.05) is 34.1 Å². The van der Waals surface area contributed by atoms with Gasteiger partial charge in [-0.15, -0.1) is 0 Å². The lowest BCUT2D eigenvalue weighted by molar-refractivity contribution is -0.00563. The second-order valence-electron chi connectivity index (χ2n) is 18.7. The molecule has 9 aromatic carbocycles. The Hall–Kier alpha value is -8.70. The van der Waals surface area contributed by atoms with Gasteiger partial charge in [-0.3, -0.25) is 0 Å². The Kier molecular flexibility index (Phi) is 12.7. The molecule has 0 aliphatic heterocycles. The van der Waals surface area contributed by atoms with E-state index in [2.05, 4.69) is 279 Å². The van der Waals surface area contributed by atoms with Crippen LogP contribution in [0.1, 0.15) is 52.3 Å². The normalized spacial score (nSPS) is 15.2.